The number of carbonyl (C=O) groups excluding carboxylic acids is 2. The van der Waals surface area contributed by atoms with Gasteiger partial charge in [-0.1, -0.05) is 38.5 Å². The van der Waals surface area contributed by atoms with E-state index in [9.17, 15) is 14.0 Å². The highest BCUT2D eigenvalue weighted by Crippen LogP contribution is 2.28. The summed E-state index contributed by atoms with van der Waals surface area (Å²) in [5, 5.41) is 0. The van der Waals surface area contributed by atoms with Gasteiger partial charge in [-0.15, -0.1) is 0 Å². The number of Topliss-reactive ketones (excluding diaryl/α,β-unsaturated/α-hetero) is 2. The maximum absolute atomic E-state index is 13.1. The smallest absolute Gasteiger partial charge is 0.228 e. The Bertz CT molecular complexity index is 648. The van der Waals surface area contributed by atoms with E-state index in [4.69, 9.17) is 9.47 Å². The molecule has 170 valence electrons. The Morgan fingerprint density at radius 2 is 1.33 bits per heavy atom. The summed E-state index contributed by atoms with van der Waals surface area (Å²) < 4.78 is 23.3. The summed E-state index contributed by atoms with van der Waals surface area (Å²) in [4.78, 5) is 27.3. The van der Waals surface area contributed by atoms with Gasteiger partial charge in [-0.05, 0) is 45.6 Å². The van der Waals surface area contributed by atoms with Crippen LogP contribution in [0.5, 0.6) is 0 Å². The van der Waals surface area contributed by atoms with Gasteiger partial charge in [0.1, 0.15) is 6.17 Å². The molecule has 0 atom stereocenters. The van der Waals surface area contributed by atoms with Gasteiger partial charge < -0.3 is 14.4 Å². The van der Waals surface area contributed by atoms with Crippen LogP contribution >= 0.6 is 0 Å². The number of rotatable bonds is 13. The molecule has 5 nitrogen and oxygen atoms in total. The van der Waals surface area contributed by atoms with Crippen LogP contribution in [0.15, 0.2) is 22.7 Å². The van der Waals surface area contributed by atoms with Crippen molar-refractivity contribution in [3.63, 3.8) is 0 Å². The molecule has 1 aliphatic carbocycles. The van der Waals surface area contributed by atoms with Gasteiger partial charge >= 0.3 is 0 Å². The Morgan fingerprint density at radius 3 is 1.90 bits per heavy atom. The molecule has 2 rings (SSSR count). The van der Waals surface area contributed by atoms with E-state index < -0.39 is 6.17 Å². The molecule has 0 aromatic heterocycles. The maximum atomic E-state index is 13.1. The van der Waals surface area contributed by atoms with Crippen molar-refractivity contribution in [1.29, 1.82) is 0 Å². The molecule has 1 aliphatic heterocycles. The highest BCUT2D eigenvalue weighted by Gasteiger charge is 2.34. The Kier molecular flexibility index (Phi) is 10.6. The number of nitrogens with zero attached hydrogens (tertiary/aromatic N) is 1. The van der Waals surface area contributed by atoms with Crippen molar-refractivity contribution in [2.24, 2.45) is 0 Å². The van der Waals surface area contributed by atoms with Crippen molar-refractivity contribution in [3.05, 3.63) is 22.7 Å². The second-order valence-corrected chi connectivity index (χ2v) is 8.42. The molecule has 0 aromatic carbocycles. The van der Waals surface area contributed by atoms with Crippen LogP contribution in [0.1, 0.15) is 77.6 Å². The zero-order chi connectivity index (χ0) is 21.9. The van der Waals surface area contributed by atoms with E-state index in [1.807, 2.05) is 0 Å². The topological polar surface area (TPSA) is 55.8 Å². The van der Waals surface area contributed by atoms with E-state index in [2.05, 4.69) is 4.90 Å². The first-order valence-corrected chi connectivity index (χ1v) is 11.5. The highest BCUT2D eigenvalue weighted by atomic mass is 19.1. The molecule has 6 heteroatoms. The fourth-order valence-electron chi connectivity index (χ4n) is 4.32. The Hall–Kier alpha value is -1.69. The van der Waals surface area contributed by atoms with Gasteiger partial charge in [0.2, 0.25) is 23.1 Å². The fourth-order valence-corrected chi connectivity index (χ4v) is 4.32. The lowest BCUT2D eigenvalue weighted by atomic mass is 9.89. The summed E-state index contributed by atoms with van der Waals surface area (Å²) in [6, 6.07) is 0. The molecule has 0 N–H and O–H groups in total. The lowest BCUT2D eigenvalue weighted by Gasteiger charge is -2.28. The van der Waals surface area contributed by atoms with Crippen LogP contribution in [0, 0.1) is 0 Å². The van der Waals surface area contributed by atoms with Crippen LogP contribution in [0.4, 0.5) is 4.39 Å². The van der Waals surface area contributed by atoms with E-state index in [1.165, 1.54) is 46.3 Å². The van der Waals surface area contributed by atoms with Crippen LogP contribution in [0.2, 0.25) is 0 Å². The summed E-state index contributed by atoms with van der Waals surface area (Å²) >= 11 is 0. The van der Waals surface area contributed by atoms with Gasteiger partial charge in [-0.3, -0.25) is 9.59 Å². The average Bonchev–Trinajstić information content (AvgIpc) is 2.75. The summed E-state index contributed by atoms with van der Waals surface area (Å²) in [7, 11) is 2.77. The molecule has 1 heterocycles. The van der Waals surface area contributed by atoms with Crippen LogP contribution in [-0.2, 0) is 19.1 Å². The molecule has 2 aliphatic rings. The Labute approximate surface area is 180 Å². The lowest BCUT2D eigenvalue weighted by Crippen LogP contribution is -2.35. The van der Waals surface area contributed by atoms with Gasteiger partial charge in [-0.25, -0.2) is 4.39 Å². The summed E-state index contributed by atoms with van der Waals surface area (Å²) in [6.07, 6.45) is 10.7. The predicted octanol–water partition coefficient (Wildman–Crippen LogP) is 4.90. The molecule has 1 fully saturated rings. The van der Waals surface area contributed by atoms with Gasteiger partial charge in [0, 0.05) is 24.2 Å². The Balaban J connectivity index is 1.55. The average molecular weight is 424 g/mol. The van der Waals surface area contributed by atoms with Crippen molar-refractivity contribution in [1.82, 2.24) is 4.90 Å². The number of hydrogen-bond donors (Lipinski definition) is 0. The number of allylic oxidation sites excluding steroid dienone is 2. The third-order valence-electron chi connectivity index (χ3n) is 6.26. The number of carbonyl (C=O) groups is 2. The molecule has 0 unspecified atom stereocenters. The van der Waals surface area contributed by atoms with Crippen molar-refractivity contribution >= 4 is 11.6 Å². The number of ether oxygens (including phenoxy) is 2. The molecular formula is C24H38FNO4. The zero-order valence-electron chi connectivity index (χ0n) is 18.9. The number of likely N-dealkylation sites (tertiary alicyclic amines) is 1. The number of unbranched alkanes of at least 4 members (excludes halogenated alkanes) is 7. The van der Waals surface area contributed by atoms with Gasteiger partial charge in [0.05, 0.1) is 14.2 Å². The molecule has 0 saturated carbocycles. The first kappa shape index (κ1) is 24.6. The number of piperidine rings is 1. The summed E-state index contributed by atoms with van der Waals surface area (Å²) in [5.74, 6) is -0.437. The van der Waals surface area contributed by atoms with Crippen molar-refractivity contribution in [2.75, 3.05) is 33.9 Å². The molecule has 1 saturated heterocycles. The molecule has 30 heavy (non-hydrogen) atoms. The number of halogens is 1. The summed E-state index contributed by atoms with van der Waals surface area (Å²) in [6.45, 7) is 4.64. The van der Waals surface area contributed by atoms with Crippen molar-refractivity contribution < 1.29 is 23.5 Å². The number of methoxy groups -OCH3 is 2. The summed E-state index contributed by atoms with van der Waals surface area (Å²) in [5.41, 5.74) is 1.04. The fraction of sp³-hybridized carbons (Fsp3) is 0.750. The largest absolute Gasteiger partial charge is 0.489 e. The van der Waals surface area contributed by atoms with Gasteiger partial charge in [0.25, 0.3) is 0 Å². The molecular weight excluding hydrogens is 385 g/mol. The van der Waals surface area contributed by atoms with E-state index >= 15 is 0 Å². The second-order valence-electron chi connectivity index (χ2n) is 8.42. The number of ketones is 2. The van der Waals surface area contributed by atoms with Crippen LogP contribution in [0.25, 0.3) is 0 Å². The van der Waals surface area contributed by atoms with Crippen LogP contribution in [-0.4, -0.2) is 56.5 Å². The van der Waals surface area contributed by atoms with E-state index in [1.54, 1.807) is 6.92 Å². The molecule has 0 spiro atoms. The SMILES string of the molecule is COC1=C(OC)C(=O)C(CCCCCCCCCCN2CCC(F)CC2)=C(C)C1=O. The highest BCUT2D eigenvalue weighted by molar-refractivity contribution is 6.23. The third kappa shape index (κ3) is 6.93. The third-order valence-corrected chi connectivity index (χ3v) is 6.26. The zero-order valence-corrected chi connectivity index (χ0v) is 18.9. The Morgan fingerprint density at radius 1 is 0.833 bits per heavy atom. The first-order valence-electron chi connectivity index (χ1n) is 11.5. The van der Waals surface area contributed by atoms with Crippen LogP contribution < -0.4 is 0 Å². The van der Waals surface area contributed by atoms with E-state index in [-0.39, 0.29) is 23.1 Å². The van der Waals surface area contributed by atoms with Crippen molar-refractivity contribution in [3.8, 4) is 0 Å². The molecule has 0 amide bonds. The normalized spacial score (nSPS) is 19.1. The maximum Gasteiger partial charge on any atom is 0.228 e. The minimum absolute atomic E-state index is 0.00986. The van der Waals surface area contributed by atoms with Gasteiger partial charge in [0.15, 0.2) is 0 Å². The number of alkyl halides is 1. The van der Waals surface area contributed by atoms with E-state index in [0.29, 0.717) is 30.4 Å². The van der Waals surface area contributed by atoms with Crippen molar-refractivity contribution in [2.45, 2.75) is 83.7 Å². The minimum Gasteiger partial charge on any atom is -0.489 e. The van der Waals surface area contributed by atoms with Gasteiger partial charge in [-0.2, -0.15) is 0 Å². The van der Waals surface area contributed by atoms with Crippen LogP contribution in [0.3, 0.4) is 0 Å². The second kappa shape index (κ2) is 12.9. The minimum atomic E-state index is -0.584. The predicted molar refractivity (Wildman–Crippen MR) is 116 cm³/mol. The lowest BCUT2D eigenvalue weighted by molar-refractivity contribution is -0.121. The molecule has 0 radical (unpaired) electrons. The first-order chi connectivity index (χ1) is 14.5. The standard InChI is InChI=1S/C24H38FNO4/c1-18-20(22(28)24(30-3)23(29-2)21(18)27)12-10-8-6-4-5-7-9-11-15-26-16-13-19(25)14-17-26/h19H,4-17H2,1-3H3. The monoisotopic (exact) mass is 423 g/mol. The molecule has 0 bridgehead atoms. The molecule has 0 aromatic rings. The number of hydrogen-bond acceptors (Lipinski definition) is 5. The quantitative estimate of drug-likeness (QED) is 0.311. The van der Waals surface area contributed by atoms with E-state index in [0.717, 1.165) is 38.9 Å².